The maximum atomic E-state index is 12.6. The molecule has 1 N–H and O–H groups in total. The van der Waals surface area contributed by atoms with Crippen molar-refractivity contribution in [3.63, 3.8) is 0 Å². The molecule has 2 heterocycles. The summed E-state index contributed by atoms with van der Waals surface area (Å²) in [4.78, 5) is 18.6. The number of rotatable bonds is 6. The Morgan fingerprint density at radius 2 is 2.20 bits per heavy atom. The second-order valence-corrected chi connectivity index (χ2v) is 6.19. The van der Waals surface area contributed by atoms with E-state index in [-0.39, 0.29) is 12.1 Å². The van der Waals surface area contributed by atoms with Crippen LogP contribution >= 0.6 is 0 Å². The molecule has 2 amide bonds. The topological polar surface area (TPSA) is 80.5 Å². The highest BCUT2D eigenvalue weighted by Gasteiger charge is 2.33. The Hall–Kier alpha value is -2.57. The highest BCUT2D eigenvalue weighted by atomic mass is 16.5. The van der Waals surface area contributed by atoms with Crippen LogP contribution in [0.3, 0.4) is 0 Å². The summed E-state index contributed by atoms with van der Waals surface area (Å²) in [6.45, 7) is 5.29. The van der Waals surface area contributed by atoms with Crippen molar-refractivity contribution in [3.05, 3.63) is 36.0 Å². The van der Waals surface area contributed by atoms with Crippen molar-refractivity contribution in [3.8, 4) is 5.75 Å². The van der Waals surface area contributed by atoms with Gasteiger partial charge in [0, 0.05) is 12.2 Å². The zero-order valence-electron chi connectivity index (χ0n) is 14.7. The number of anilines is 1. The van der Waals surface area contributed by atoms with Gasteiger partial charge in [0.2, 0.25) is 5.89 Å². The summed E-state index contributed by atoms with van der Waals surface area (Å²) >= 11 is 0. The third kappa shape index (κ3) is 4.29. The number of nitrogens with zero attached hydrogens (tertiary/aromatic N) is 3. The fraction of sp³-hybridized carbons (Fsp3) is 0.500. The number of carbonyl (C=O) groups excluding carboxylic acids is 1. The van der Waals surface area contributed by atoms with Gasteiger partial charge in [0.15, 0.2) is 5.82 Å². The average Bonchev–Trinajstić information content (AvgIpc) is 3.25. The number of benzene rings is 1. The summed E-state index contributed by atoms with van der Waals surface area (Å²) in [6, 6.07) is 7.13. The van der Waals surface area contributed by atoms with E-state index >= 15 is 0 Å². The number of nitrogens with one attached hydrogen (secondary N) is 1. The van der Waals surface area contributed by atoms with Gasteiger partial charge in [-0.15, -0.1) is 0 Å². The molecule has 1 aliphatic rings. The van der Waals surface area contributed by atoms with Crippen LogP contribution in [-0.4, -0.2) is 34.2 Å². The lowest BCUT2D eigenvalue weighted by atomic mass is 10.2. The van der Waals surface area contributed by atoms with Crippen LogP contribution in [0.1, 0.15) is 50.4 Å². The summed E-state index contributed by atoms with van der Waals surface area (Å²) in [5.74, 6) is 1.90. The van der Waals surface area contributed by atoms with E-state index in [9.17, 15) is 4.79 Å². The Kier molecular flexibility index (Phi) is 5.53. The van der Waals surface area contributed by atoms with Gasteiger partial charge in [0.05, 0.1) is 6.61 Å². The molecule has 7 heteroatoms. The minimum absolute atomic E-state index is 0.155. The van der Waals surface area contributed by atoms with Gasteiger partial charge < -0.3 is 19.5 Å². The first-order valence-corrected chi connectivity index (χ1v) is 8.78. The number of unbranched alkanes of at least 4 members (excludes halogenated alkanes) is 1. The van der Waals surface area contributed by atoms with Crippen LogP contribution in [0.15, 0.2) is 28.8 Å². The van der Waals surface area contributed by atoms with E-state index in [1.54, 1.807) is 11.8 Å². The number of aryl methyl sites for hydroxylation is 1. The molecule has 134 valence electrons. The summed E-state index contributed by atoms with van der Waals surface area (Å²) in [5.41, 5.74) is 0.736. The van der Waals surface area contributed by atoms with Gasteiger partial charge in [-0.25, -0.2) is 4.79 Å². The Balaban J connectivity index is 1.59. The minimum Gasteiger partial charge on any atom is -0.494 e. The number of carbonyl (C=O) groups is 1. The number of urea groups is 1. The number of hydrogen-bond acceptors (Lipinski definition) is 5. The molecule has 1 saturated heterocycles. The summed E-state index contributed by atoms with van der Waals surface area (Å²) in [7, 11) is 0. The van der Waals surface area contributed by atoms with Crippen LogP contribution in [-0.2, 0) is 0 Å². The lowest BCUT2D eigenvalue weighted by Gasteiger charge is -2.22. The predicted octanol–water partition coefficient (Wildman–Crippen LogP) is 3.93. The Morgan fingerprint density at radius 3 is 2.88 bits per heavy atom. The van der Waals surface area contributed by atoms with Crippen LogP contribution in [0.5, 0.6) is 5.75 Å². The normalized spacial score (nSPS) is 16.9. The SMILES string of the molecule is CCCCOc1ccc(NC(=O)N2CCCC2c2nc(C)no2)cc1. The van der Waals surface area contributed by atoms with Crippen molar-refractivity contribution >= 4 is 11.7 Å². The van der Waals surface area contributed by atoms with Gasteiger partial charge in [-0.2, -0.15) is 4.98 Å². The Bertz CT molecular complexity index is 699. The second kappa shape index (κ2) is 8.00. The van der Waals surface area contributed by atoms with Crippen LogP contribution in [0.25, 0.3) is 0 Å². The second-order valence-electron chi connectivity index (χ2n) is 6.19. The monoisotopic (exact) mass is 344 g/mol. The smallest absolute Gasteiger partial charge is 0.322 e. The van der Waals surface area contributed by atoms with E-state index in [2.05, 4.69) is 22.4 Å². The van der Waals surface area contributed by atoms with Crippen molar-refractivity contribution in [1.82, 2.24) is 15.0 Å². The molecule has 7 nitrogen and oxygen atoms in total. The number of aromatic nitrogens is 2. The van der Waals surface area contributed by atoms with Crippen molar-refractivity contribution in [2.75, 3.05) is 18.5 Å². The predicted molar refractivity (Wildman–Crippen MR) is 93.6 cm³/mol. The van der Waals surface area contributed by atoms with Crippen molar-refractivity contribution < 1.29 is 14.1 Å². The fourth-order valence-corrected chi connectivity index (χ4v) is 2.88. The molecule has 1 atom stereocenters. The van der Waals surface area contributed by atoms with Crippen molar-refractivity contribution in [1.29, 1.82) is 0 Å². The van der Waals surface area contributed by atoms with E-state index in [0.29, 0.717) is 24.9 Å². The zero-order chi connectivity index (χ0) is 17.6. The molecule has 25 heavy (non-hydrogen) atoms. The van der Waals surface area contributed by atoms with E-state index < -0.39 is 0 Å². The highest BCUT2D eigenvalue weighted by Crippen LogP contribution is 2.31. The van der Waals surface area contributed by atoms with Gasteiger partial charge in [0.25, 0.3) is 0 Å². The molecule has 1 fully saturated rings. The molecule has 1 aromatic heterocycles. The summed E-state index contributed by atoms with van der Waals surface area (Å²) in [5, 5.41) is 6.75. The van der Waals surface area contributed by atoms with Crippen LogP contribution in [0, 0.1) is 6.92 Å². The minimum atomic E-state index is -0.155. The fourth-order valence-electron chi connectivity index (χ4n) is 2.88. The molecular weight excluding hydrogens is 320 g/mol. The number of ether oxygens (including phenoxy) is 1. The Morgan fingerprint density at radius 1 is 1.40 bits per heavy atom. The summed E-state index contributed by atoms with van der Waals surface area (Å²) in [6.07, 6.45) is 3.89. The molecule has 1 aliphatic heterocycles. The molecule has 0 aliphatic carbocycles. The molecule has 0 bridgehead atoms. The first-order valence-electron chi connectivity index (χ1n) is 8.78. The standard InChI is InChI=1S/C18H24N4O3/c1-3-4-12-24-15-9-7-14(8-10-15)20-18(23)22-11-5-6-16(22)17-19-13(2)21-25-17/h7-10,16H,3-6,11-12H2,1-2H3,(H,20,23). The zero-order valence-corrected chi connectivity index (χ0v) is 14.7. The van der Waals surface area contributed by atoms with Crippen molar-refractivity contribution in [2.24, 2.45) is 0 Å². The highest BCUT2D eigenvalue weighted by molar-refractivity contribution is 5.89. The maximum absolute atomic E-state index is 12.6. The van der Waals surface area contributed by atoms with Crippen LogP contribution < -0.4 is 10.1 Å². The quantitative estimate of drug-likeness (QED) is 0.803. The molecular formula is C18H24N4O3. The largest absolute Gasteiger partial charge is 0.494 e. The molecule has 1 aromatic carbocycles. The number of hydrogen-bond donors (Lipinski definition) is 1. The van der Waals surface area contributed by atoms with Gasteiger partial charge in [0.1, 0.15) is 11.8 Å². The van der Waals surface area contributed by atoms with Gasteiger partial charge in [-0.3, -0.25) is 0 Å². The molecule has 0 saturated carbocycles. The third-order valence-corrected chi connectivity index (χ3v) is 4.21. The molecule has 3 rings (SSSR count). The van der Waals surface area contributed by atoms with Gasteiger partial charge in [-0.05, 0) is 50.5 Å². The van der Waals surface area contributed by atoms with Crippen LogP contribution in [0.2, 0.25) is 0 Å². The molecule has 1 unspecified atom stereocenters. The molecule has 2 aromatic rings. The van der Waals surface area contributed by atoms with E-state index in [4.69, 9.17) is 9.26 Å². The maximum Gasteiger partial charge on any atom is 0.322 e. The molecule has 0 spiro atoms. The summed E-state index contributed by atoms with van der Waals surface area (Å²) < 4.78 is 10.9. The van der Waals surface area contributed by atoms with Crippen LogP contribution in [0.4, 0.5) is 10.5 Å². The van der Waals surface area contributed by atoms with E-state index in [1.165, 1.54) is 0 Å². The van der Waals surface area contributed by atoms with Gasteiger partial charge >= 0.3 is 6.03 Å². The molecule has 0 radical (unpaired) electrons. The lowest BCUT2D eigenvalue weighted by Crippen LogP contribution is -2.34. The number of amides is 2. The van der Waals surface area contributed by atoms with Gasteiger partial charge in [-0.1, -0.05) is 18.5 Å². The third-order valence-electron chi connectivity index (χ3n) is 4.21. The lowest BCUT2D eigenvalue weighted by molar-refractivity contribution is 0.193. The first-order chi connectivity index (χ1) is 12.2. The average molecular weight is 344 g/mol. The Labute approximate surface area is 147 Å². The first kappa shape index (κ1) is 17.3. The van der Waals surface area contributed by atoms with E-state index in [0.717, 1.165) is 37.1 Å². The number of likely N-dealkylation sites (tertiary alicyclic amines) is 1. The van der Waals surface area contributed by atoms with Crippen molar-refractivity contribution in [2.45, 2.75) is 45.6 Å². The van der Waals surface area contributed by atoms with E-state index in [1.807, 2.05) is 24.3 Å².